The molecule has 0 saturated carbocycles. The molecule has 0 amide bonds. The predicted molar refractivity (Wildman–Crippen MR) is 97.3 cm³/mol. The second-order valence-corrected chi connectivity index (χ2v) is 11.9. The van der Waals surface area contributed by atoms with Crippen LogP contribution in [0, 0.1) is 0 Å². The Labute approximate surface area is 154 Å². The molecule has 3 aromatic carbocycles. The molecule has 0 aromatic heterocycles. The molecule has 3 rings (SSSR count). The van der Waals surface area contributed by atoms with Gasteiger partial charge < -0.3 is 0 Å². The van der Waals surface area contributed by atoms with Crippen molar-refractivity contribution in [2.45, 2.75) is 33.0 Å². The molecular weight excluding hydrogens is 360 g/mol. The van der Waals surface area contributed by atoms with E-state index in [-0.39, 0.29) is 26.2 Å². The van der Waals surface area contributed by atoms with Gasteiger partial charge in [0, 0.05) is 26.2 Å². The van der Waals surface area contributed by atoms with Gasteiger partial charge in [-0.05, 0) is 12.0 Å². The van der Waals surface area contributed by atoms with Crippen LogP contribution in [0.3, 0.4) is 0 Å². The van der Waals surface area contributed by atoms with Crippen LogP contribution in [0.25, 0.3) is 21.9 Å². The van der Waals surface area contributed by atoms with Crippen LogP contribution in [0.4, 0.5) is 0 Å². The van der Waals surface area contributed by atoms with Gasteiger partial charge in [-0.25, -0.2) is 0 Å². The van der Waals surface area contributed by atoms with E-state index in [9.17, 15) is 0 Å². The minimum Gasteiger partial charge on any atom is -0.164 e. The van der Waals surface area contributed by atoms with E-state index in [4.69, 9.17) is 0 Å². The van der Waals surface area contributed by atoms with E-state index >= 15 is 0 Å². The van der Waals surface area contributed by atoms with Crippen LogP contribution in [0.1, 0.15) is 12.5 Å². The second-order valence-electron chi connectivity index (χ2n) is 6.85. The quantitative estimate of drug-likeness (QED) is 0.424. The van der Waals surface area contributed by atoms with Gasteiger partial charge in [0.2, 0.25) is 0 Å². The Bertz CT molecular complexity index is 760. The Morgan fingerprint density at radius 1 is 0.955 bits per heavy atom. The van der Waals surface area contributed by atoms with Gasteiger partial charge in [0.05, 0.1) is 8.07 Å². The molecule has 0 radical (unpaired) electrons. The summed E-state index contributed by atoms with van der Waals surface area (Å²) in [6.45, 7) is 9.41. The maximum atomic E-state index is 2.40. The summed E-state index contributed by atoms with van der Waals surface area (Å²) in [5.41, 5.74) is 4.11. The zero-order valence-corrected chi connectivity index (χ0v) is 17.4. The molecule has 0 aliphatic heterocycles. The van der Waals surface area contributed by atoms with Gasteiger partial charge in [0.15, 0.2) is 0 Å². The molecule has 0 nitrogen and oxygen atoms in total. The number of aryl methyl sites for hydroxylation is 1. The molecule has 0 saturated heterocycles. The average Bonchev–Trinajstić information content (AvgIpc) is 2.89. The van der Waals surface area contributed by atoms with Crippen LogP contribution in [0.2, 0.25) is 19.6 Å². The number of benzene rings is 2. The van der Waals surface area contributed by atoms with Crippen molar-refractivity contribution >= 4 is 24.0 Å². The van der Waals surface area contributed by atoms with Gasteiger partial charge in [-0.1, -0.05) is 67.6 Å². The van der Waals surface area contributed by atoms with Crippen molar-refractivity contribution in [3.63, 3.8) is 0 Å². The molecule has 0 heterocycles. The summed E-state index contributed by atoms with van der Waals surface area (Å²) in [6, 6.07) is 20.5. The van der Waals surface area contributed by atoms with Crippen LogP contribution in [-0.4, -0.2) is 8.07 Å². The Balaban J connectivity index is 0.00000176. The largest absolute Gasteiger partial charge is 0.164 e. The normalized spacial score (nSPS) is 11.5. The summed E-state index contributed by atoms with van der Waals surface area (Å²) in [6.07, 6.45) is 1.10. The molecule has 0 N–H and O–H groups in total. The summed E-state index contributed by atoms with van der Waals surface area (Å²) < 4.78 is 0. The Hall–Kier alpha value is -0.850. The minimum absolute atomic E-state index is 0. The predicted octanol–water partition coefficient (Wildman–Crippen LogP) is 5.33. The van der Waals surface area contributed by atoms with Crippen molar-refractivity contribution < 1.29 is 26.2 Å². The van der Waals surface area contributed by atoms with E-state index in [2.05, 4.69) is 81.2 Å². The average molecular weight is 383 g/mol. The third kappa shape index (κ3) is 3.39. The van der Waals surface area contributed by atoms with Gasteiger partial charge in [-0.15, -0.1) is 34.5 Å². The van der Waals surface area contributed by atoms with E-state index in [0.717, 1.165) is 6.42 Å². The SMILES string of the molecule is CCc1cc2c(-c3ccc([Si](C)(C)C)cc3)cccc2[cH-]1.[Zr]. The van der Waals surface area contributed by atoms with E-state index in [1.165, 1.54) is 32.6 Å². The zero-order chi connectivity index (χ0) is 15.0. The van der Waals surface area contributed by atoms with Crippen molar-refractivity contribution in [2.75, 3.05) is 0 Å². The van der Waals surface area contributed by atoms with Crippen LogP contribution < -0.4 is 5.19 Å². The first-order valence-corrected chi connectivity index (χ1v) is 11.3. The molecule has 3 aromatic rings. The topological polar surface area (TPSA) is 0 Å². The van der Waals surface area contributed by atoms with Crippen LogP contribution in [0.15, 0.2) is 54.6 Å². The fourth-order valence-electron chi connectivity index (χ4n) is 2.90. The van der Waals surface area contributed by atoms with Crippen molar-refractivity contribution in [3.8, 4) is 11.1 Å². The zero-order valence-electron chi connectivity index (χ0n) is 13.9. The van der Waals surface area contributed by atoms with E-state index in [0.29, 0.717) is 0 Å². The number of hydrogen-bond acceptors (Lipinski definition) is 0. The second kappa shape index (κ2) is 6.72. The summed E-state index contributed by atoms with van der Waals surface area (Å²) in [4.78, 5) is 0. The van der Waals surface area contributed by atoms with Crippen LogP contribution in [0.5, 0.6) is 0 Å². The molecule has 112 valence electrons. The molecule has 2 heteroatoms. The molecule has 0 unspecified atom stereocenters. The first kappa shape index (κ1) is 17.5. The summed E-state index contributed by atoms with van der Waals surface area (Å²) >= 11 is 0. The first-order valence-electron chi connectivity index (χ1n) is 7.78. The third-order valence-electron chi connectivity index (χ3n) is 4.28. The monoisotopic (exact) mass is 381 g/mol. The van der Waals surface area contributed by atoms with Gasteiger partial charge in [-0.2, -0.15) is 6.07 Å². The van der Waals surface area contributed by atoms with E-state index in [1.54, 1.807) is 0 Å². The van der Waals surface area contributed by atoms with Gasteiger partial charge in [-0.3, -0.25) is 0 Å². The van der Waals surface area contributed by atoms with E-state index in [1.807, 2.05) is 0 Å². The summed E-state index contributed by atoms with van der Waals surface area (Å²) in [5, 5.41) is 4.27. The van der Waals surface area contributed by atoms with Crippen molar-refractivity contribution in [1.29, 1.82) is 0 Å². The third-order valence-corrected chi connectivity index (χ3v) is 6.35. The minimum atomic E-state index is -1.21. The standard InChI is InChI=1S/C20H23Si.Zr/c1-5-15-13-17-7-6-8-19(20(17)14-15)16-9-11-18(12-10-16)21(2,3)4;/h6-14H,5H2,1-4H3;/q-1;. The van der Waals surface area contributed by atoms with E-state index < -0.39 is 8.07 Å². The van der Waals surface area contributed by atoms with Gasteiger partial charge in [0.1, 0.15) is 0 Å². The molecular formula is C20H23SiZr-. The van der Waals surface area contributed by atoms with Gasteiger partial charge in [0.25, 0.3) is 0 Å². The Kier molecular flexibility index (Phi) is 5.35. The van der Waals surface area contributed by atoms with Crippen molar-refractivity contribution in [2.24, 2.45) is 0 Å². The summed E-state index contributed by atoms with van der Waals surface area (Å²) in [7, 11) is -1.21. The molecule has 0 bridgehead atoms. The van der Waals surface area contributed by atoms with Gasteiger partial charge >= 0.3 is 0 Å². The number of rotatable bonds is 3. The molecule has 22 heavy (non-hydrogen) atoms. The Morgan fingerprint density at radius 3 is 2.23 bits per heavy atom. The first-order chi connectivity index (χ1) is 9.99. The number of hydrogen-bond donors (Lipinski definition) is 0. The smallest absolute Gasteiger partial charge is 0.0775 e. The molecule has 0 aliphatic rings. The van der Waals surface area contributed by atoms with Crippen LogP contribution >= 0.6 is 0 Å². The summed E-state index contributed by atoms with van der Waals surface area (Å²) in [5.74, 6) is 0. The van der Waals surface area contributed by atoms with Crippen LogP contribution in [-0.2, 0) is 32.6 Å². The molecule has 0 spiro atoms. The molecule has 0 atom stereocenters. The maximum absolute atomic E-state index is 2.40. The Morgan fingerprint density at radius 2 is 1.64 bits per heavy atom. The molecule has 0 aliphatic carbocycles. The fraction of sp³-hybridized carbons (Fsp3) is 0.250. The molecule has 0 fully saturated rings. The maximum Gasteiger partial charge on any atom is 0.0775 e. The van der Waals surface area contributed by atoms with Crippen molar-refractivity contribution in [1.82, 2.24) is 0 Å². The fourth-order valence-corrected chi connectivity index (χ4v) is 4.07. The van der Waals surface area contributed by atoms with Crippen molar-refractivity contribution in [3.05, 3.63) is 60.2 Å². The number of fused-ring (bicyclic) bond motifs is 1.